The fourth-order valence-electron chi connectivity index (χ4n) is 4.60. The second-order valence-corrected chi connectivity index (χ2v) is 10.7. The summed E-state index contributed by atoms with van der Waals surface area (Å²) < 4.78 is 25.8. The standard InChI is InChI=1S/C32H36O5S/c1-3-13-28-30(35-21-26-16-9-5-10-17-26)31(36-22-27-18-11-6-12-19-27)32(38-24(2)33)29(37-28)23-34-20-25-14-7-4-8-15-25/h3-12,14-19,28-32H,1,13,20-23H2,2H3/t28-,29-,30+,31-,32-/m1/s1. The lowest BCUT2D eigenvalue weighted by Crippen LogP contribution is -2.59. The predicted octanol–water partition coefficient (Wildman–Crippen LogP) is 6.37. The van der Waals surface area contributed by atoms with Crippen molar-refractivity contribution < 1.29 is 23.7 Å². The van der Waals surface area contributed by atoms with Crippen molar-refractivity contribution in [2.24, 2.45) is 0 Å². The van der Waals surface area contributed by atoms with Gasteiger partial charge in [0.05, 0.1) is 43.9 Å². The average Bonchev–Trinajstić information content (AvgIpc) is 2.94. The molecule has 1 aliphatic heterocycles. The van der Waals surface area contributed by atoms with Crippen LogP contribution in [0.15, 0.2) is 104 Å². The van der Waals surface area contributed by atoms with Crippen LogP contribution in [0.2, 0.25) is 0 Å². The van der Waals surface area contributed by atoms with E-state index in [0.29, 0.717) is 32.8 Å². The van der Waals surface area contributed by atoms with Gasteiger partial charge in [-0.05, 0) is 23.1 Å². The minimum atomic E-state index is -0.392. The van der Waals surface area contributed by atoms with Gasteiger partial charge in [-0.15, -0.1) is 6.58 Å². The number of thioether (sulfide) groups is 1. The van der Waals surface area contributed by atoms with E-state index in [1.54, 1.807) is 6.92 Å². The van der Waals surface area contributed by atoms with Crippen molar-refractivity contribution in [3.8, 4) is 0 Å². The van der Waals surface area contributed by atoms with E-state index in [0.717, 1.165) is 16.7 Å². The first-order chi connectivity index (χ1) is 18.6. The normalized spacial score (nSPS) is 23.1. The molecule has 0 saturated carbocycles. The van der Waals surface area contributed by atoms with Crippen LogP contribution >= 0.6 is 11.8 Å². The Hall–Kier alpha value is -2.74. The van der Waals surface area contributed by atoms with E-state index in [9.17, 15) is 4.79 Å². The van der Waals surface area contributed by atoms with Crippen molar-refractivity contribution >= 4 is 16.9 Å². The van der Waals surface area contributed by atoms with Crippen LogP contribution in [0.25, 0.3) is 0 Å². The van der Waals surface area contributed by atoms with E-state index in [4.69, 9.17) is 18.9 Å². The van der Waals surface area contributed by atoms with Gasteiger partial charge in [0.15, 0.2) is 5.12 Å². The number of hydrogen-bond donors (Lipinski definition) is 0. The molecule has 0 unspecified atom stereocenters. The Morgan fingerprint density at radius 3 is 1.79 bits per heavy atom. The SMILES string of the molecule is C=CC[C@H]1O[C@H](COCc2ccccc2)[C@@H](SC(C)=O)[C@H](OCc2ccccc2)[C@H]1OCc1ccccc1. The van der Waals surface area contributed by atoms with Crippen molar-refractivity contribution in [3.63, 3.8) is 0 Å². The summed E-state index contributed by atoms with van der Waals surface area (Å²) in [6.07, 6.45) is 1.02. The second-order valence-electron chi connectivity index (χ2n) is 9.33. The Bertz CT molecular complexity index is 1110. The first kappa shape index (κ1) is 28.3. The van der Waals surface area contributed by atoms with E-state index in [1.165, 1.54) is 11.8 Å². The minimum absolute atomic E-state index is 0.00366. The molecule has 0 amide bonds. The van der Waals surface area contributed by atoms with Gasteiger partial charge in [-0.3, -0.25) is 4.79 Å². The van der Waals surface area contributed by atoms with E-state index in [1.807, 2.05) is 97.1 Å². The molecule has 200 valence electrons. The molecule has 3 aromatic carbocycles. The maximum atomic E-state index is 12.4. The molecule has 1 saturated heterocycles. The van der Waals surface area contributed by atoms with Crippen molar-refractivity contribution in [1.82, 2.24) is 0 Å². The van der Waals surface area contributed by atoms with Crippen LogP contribution in [0.3, 0.4) is 0 Å². The monoisotopic (exact) mass is 532 g/mol. The number of benzene rings is 3. The van der Waals surface area contributed by atoms with Crippen LogP contribution < -0.4 is 0 Å². The van der Waals surface area contributed by atoms with E-state index in [2.05, 4.69) is 6.58 Å². The summed E-state index contributed by atoms with van der Waals surface area (Å²) in [6.45, 7) is 7.16. The van der Waals surface area contributed by atoms with Crippen LogP contribution in [0.5, 0.6) is 0 Å². The quantitative estimate of drug-likeness (QED) is 0.239. The van der Waals surface area contributed by atoms with Gasteiger partial charge < -0.3 is 18.9 Å². The molecule has 3 aromatic rings. The van der Waals surface area contributed by atoms with Crippen LogP contribution in [0.4, 0.5) is 0 Å². The summed E-state index contributed by atoms with van der Waals surface area (Å²) in [5.74, 6) is 0. The molecule has 1 aliphatic rings. The first-order valence-corrected chi connectivity index (χ1v) is 13.9. The van der Waals surface area contributed by atoms with Gasteiger partial charge in [0, 0.05) is 6.92 Å². The highest BCUT2D eigenvalue weighted by Gasteiger charge is 2.48. The molecular weight excluding hydrogens is 496 g/mol. The van der Waals surface area contributed by atoms with Crippen molar-refractivity contribution in [2.45, 2.75) is 62.8 Å². The third-order valence-electron chi connectivity index (χ3n) is 6.40. The van der Waals surface area contributed by atoms with E-state index in [-0.39, 0.29) is 28.7 Å². The lowest BCUT2D eigenvalue weighted by atomic mass is 9.94. The molecule has 0 aliphatic carbocycles. The highest BCUT2D eigenvalue weighted by molar-refractivity contribution is 8.14. The summed E-state index contributed by atoms with van der Waals surface area (Å²) in [7, 11) is 0. The Morgan fingerprint density at radius 1 is 0.789 bits per heavy atom. The molecular formula is C32H36O5S. The third-order valence-corrected chi connectivity index (χ3v) is 7.57. The number of ether oxygens (including phenoxy) is 4. The zero-order chi connectivity index (χ0) is 26.6. The first-order valence-electron chi connectivity index (χ1n) is 13.0. The largest absolute Gasteiger partial charge is 0.374 e. The van der Waals surface area contributed by atoms with E-state index < -0.39 is 6.10 Å². The highest BCUT2D eigenvalue weighted by atomic mass is 32.2. The van der Waals surface area contributed by atoms with Gasteiger partial charge >= 0.3 is 0 Å². The van der Waals surface area contributed by atoms with Crippen molar-refractivity contribution in [3.05, 3.63) is 120 Å². The van der Waals surface area contributed by atoms with Gasteiger partial charge in [0.2, 0.25) is 0 Å². The lowest BCUT2D eigenvalue weighted by Gasteiger charge is -2.46. The van der Waals surface area contributed by atoms with Crippen LogP contribution in [0.1, 0.15) is 30.0 Å². The summed E-state index contributed by atoms with van der Waals surface area (Å²) in [4.78, 5) is 12.4. The Balaban J connectivity index is 1.57. The summed E-state index contributed by atoms with van der Waals surface area (Å²) in [5, 5.41) is -0.294. The molecule has 38 heavy (non-hydrogen) atoms. The molecule has 5 nitrogen and oxygen atoms in total. The maximum Gasteiger partial charge on any atom is 0.186 e. The Morgan fingerprint density at radius 2 is 1.29 bits per heavy atom. The number of hydrogen-bond acceptors (Lipinski definition) is 6. The Labute approximate surface area is 230 Å². The molecule has 0 spiro atoms. The number of rotatable bonds is 13. The van der Waals surface area contributed by atoms with Gasteiger partial charge in [0.1, 0.15) is 12.2 Å². The average molecular weight is 533 g/mol. The fourth-order valence-corrected chi connectivity index (χ4v) is 5.65. The zero-order valence-electron chi connectivity index (χ0n) is 21.8. The molecule has 6 heteroatoms. The molecule has 0 N–H and O–H groups in total. The van der Waals surface area contributed by atoms with Gasteiger partial charge in [-0.25, -0.2) is 0 Å². The molecule has 0 aromatic heterocycles. The van der Waals surface area contributed by atoms with E-state index >= 15 is 0 Å². The second kappa shape index (κ2) is 15.0. The van der Waals surface area contributed by atoms with Gasteiger partial charge in [-0.2, -0.15) is 0 Å². The van der Waals surface area contributed by atoms with Crippen LogP contribution in [-0.4, -0.2) is 41.4 Å². The van der Waals surface area contributed by atoms with Gasteiger partial charge in [0.25, 0.3) is 0 Å². The minimum Gasteiger partial charge on any atom is -0.374 e. The van der Waals surface area contributed by atoms with Crippen LogP contribution in [0, 0.1) is 0 Å². The number of carbonyl (C=O) groups excluding carboxylic acids is 1. The third kappa shape index (κ3) is 8.38. The smallest absolute Gasteiger partial charge is 0.186 e. The highest BCUT2D eigenvalue weighted by Crippen LogP contribution is 2.36. The lowest BCUT2D eigenvalue weighted by molar-refractivity contribution is -0.211. The maximum absolute atomic E-state index is 12.4. The molecule has 0 bridgehead atoms. The summed E-state index contributed by atoms with van der Waals surface area (Å²) in [6, 6.07) is 30.1. The molecule has 4 rings (SSSR count). The Kier molecular flexibility index (Phi) is 11.2. The molecule has 5 atom stereocenters. The molecule has 1 heterocycles. The zero-order valence-corrected chi connectivity index (χ0v) is 22.6. The summed E-state index contributed by atoms with van der Waals surface area (Å²) >= 11 is 1.24. The van der Waals surface area contributed by atoms with Crippen LogP contribution in [-0.2, 0) is 43.6 Å². The fraction of sp³-hybridized carbons (Fsp3) is 0.344. The predicted molar refractivity (Wildman–Crippen MR) is 152 cm³/mol. The topological polar surface area (TPSA) is 54.0 Å². The van der Waals surface area contributed by atoms with Crippen molar-refractivity contribution in [2.75, 3.05) is 6.61 Å². The molecule has 1 fully saturated rings. The number of carbonyl (C=O) groups is 1. The molecule has 0 radical (unpaired) electrons. The van der Waals surface area contributed by atoms with Gasteiger partial charge in [-0.1, -0.05) is 109 Å². The summed E-state index contributed by atoms with van der Waals surface area (Å²) in [5.41, 5.74) is 3.21. The van der Waals surface area contributed by atoms with Crippen molar-refractivity contribution in [1.29, 1.82) is 0 Å².